The average Bonchev–Trinajstić information content (AvgIpc) is 2.84. The molecule has 3 rings (SSSR count). The highest BCUT2D eigenvalue weighted by Crippen LogP contribution is 2.33. The van der Waals surface area contributed by atoms with Crippen molar-refractivity contribution in [1.82, 2.24) is 14.4 Å². The lowest BCUT2D eigenvalue weighted by Gasteiger charge is -2.03. The molecule has 0 bridgehead atoms. The van der Waals surface area contributed by atoms with Crippen LogP contribution in [0.3, 0.4) is 0 Å². The van der Waals surface area contributed by atoms with Crippen molar-refractivity contribution < 1.29 is 4.92 Å². The zero-order valence-electron chi connectivity index (χ0n) is 10.7. The van der Waals surface area contributed by atoms with Gasteiger partial charge in [0.25, 0.3) is 0 Å². The van der Waals surface area contributed by atoms with Crippen LogP contribution in [0.1, 0.15) is 5.69 Å². The van der Waals surface area contributed by atoms with Gasteiger partial charge in [0.15, 0.2) is 9.37 Å². The van der Waals surface area contributed by atoms with E-state index in [-0.39, 0.29) is 5.03 Å². The lowest BCUT2D eigenvalue weighted by Crippen LogP contribution is -2.19. The number of thiazole rings is 1. The molecular formula is C12H8N4O3S2. The first kappa shape index (κ1) is 13.7. The molecule has 0 saturated heterocycles. The van der Waals surface area contributed by atoms with Gasteiger partial charge in [0, 0.05) is 17.3 Å². The van der Waals surface area contributed by atoms with Crippen LogP contribution in [0.15, 0.2) is 43.9 Å². The third kappa shape index (κ3) is 2.52. The monoisotopic (exact) mass is 320 g/mol. The second kappa shape index (κ2) is 5.26. The van der Waals surface area contributed by atoms with Crippen LogP contribution in [0, 0.1) is 17.0 Å². The van der Waals surface area contributed by atoms with Crippen molar-refractivity contribution >= 4 is 34.4 Å². The fourth-order valence-electron chi connectivity index (χ4n) is 1.75. The third-order valence-electron chi connectivity index (χ3n) is 2.64. The van der Waals surface area contributed by atoms with Crippen molar-refractivity contribution in [3.63, 3.8) is 0 Å². The second-order valence-electron chi connectivity index (χ2n) is 4.11. The van der Waals surface area contributed by atoms with Crippen LogP contribution >= 0.6 is 23.1 Å². The summed E-state index contributed by atoms with van der Waals surface area (Å²) in [6, 6.07) is 4.97. The summed E-state index contributed by atoms with van der Waals surface area (Å²) in [5, 5.41) is 13.1. The molecule has 3 heterocycles. The van der Waals surface area contributed by atoms with Crippen LogP contribution in [0.5, 0.6) is 0 Å². The third-order valence-corrected chi connectivity index (χ3v) is 4.68. The Balaban J connectivity index is 2.22. The standard InChI is InChI=1S/C12H8N4O3S2/c1-7-6-20-12(13-7)21-10-9(16(18)19)11(17)15-5-3-2-4-8(15)14-10/h2-6H,1H3. The quantitative estimate of drug-likeness (QED) is 0.418. The Hall–Kier alpha value is -2.26. The van der Waals surface area contributed by atoms with Gasteiger partial charge >= 0.3 is 11.2 Å². The normalized spacial score (nSPS) is 10.9. The number of nitrogens with zero attached hydrogens (tertiary/aromatic N) is 4. The van der Waals surface area contributed by atoms with Crippen molar-refractivity contribution in [2.75, 3.05) is 0 Å². The SMILES string of the molecule is Cc1csc(Sc2nc3ccccn3c(=O)c2[N+](=O)[O-])n1. The number of hydrogen-bond acceptors (Lipinski definition) is 7. The summed E-state index contributed by atoms with van der Waals surface area (Å²) < 4.78 is 1.78. The number of aryl methyl sites for hydroxylation is 1. The minimum Gasteiger partial charge on any atom is -0.262 e. The topological polar surface area (TPSA) is 90.4 Å². The van der Waals surface area contributed by atoms with E-state index in [4.69, 9.17) is 0 Å². The molecule has 0 N–H and O–H groups in total. The van der Waals surface area contributed by atoms with E-state index in [9.17, 15) is 14.9 Å². The molecule has 0 aliphatic rings. The molecule has 3 aromatic heterocycles. The van der Waals surface area contributed by atoms with E-state index in [2.05, 4.69) is 9.97 Å². The largest absolute Gasteiger partial charge is 0.366 e. The molecule has 3 aromatic rings. The van der Waals surface area contributed by atoms with Crippen LogP contribution in [0.2, 0.25) is 0 Å². The van der Waals surface area contributed by atoms with Crippen LogP contribution in [0.25, 0.3) is 5.65 Å². The summed E-state index contributed by atoms with van der Waals surface area (Å²) in [5.74, 6) is 0. The molecular weight excluding hydrogens is 312 g/mol. The van der Waals surface area contributed by atoms with Crippen LogP contribution < -0.4 is 5.56 Å². The predicted octanol–water partition coefficient (Wildman–Crippen LogP) is 2.52. The minimum absolute atomic E-state index is 0.0607. The van der Waals surface area contributed by atoms with Gasteiger partial charge in [0.05, 0.1) is 4.92 Å². The molecule has 9 heteroatoms. The Morgan fingerprint density at radius 1 is 1.38 bits per heavy atom. The average molecular weight is 320 g/mol. The highest BCUT2D eigenvalue weighted by molar-refractivity contribution is 8.01. The van der Waals surface area contributed by atoms with Gasteiger partial charge in [-0.3, -0.25) is 19.3 Å². The fraction of sp³-hybridized carbons (Fsp3) is 0.0833. The molecule has 106 valence electrons. The summed E-state index contributed by atoms with van der Waals surface area (Å²) in [4.78, 5) is 31.2. The van der Waals surface area contributed by atoms with E-state index in [0.29, 0.717) is 9.99 Å². The first-order valence-electron chi connectivity index (χ1n) is 5.82. The number of nitro groups is 1. The predicted molar refractivity (Wildman–Crippen MR) is 79.1 cm³/mol. The van der Waals surface area contributed by atoms with Crippen molar-refractivity contribution in [3.8, 4) is 0 Å². The Bertz CT molecular complexity index is 903. The molecule has 0 aliphatic carbocycles. The Morgan fingerprint density at radius 3 is 2.86 bits per heavy atom. The second-order valence-corrected chi connectivity index (χ2v) is 6.21. The molecule has 0 amide bonds. The summed E-state index contributed by atoms with van der Waals surface area (Å²) in [6.07, 6.45) is 1.46. The minimum atomic E-state index is -0.697. The van der Waals surface area contributed by atoms with Gasteiger partial charge in [-0.25, -0.2) is 9.97 Å². The highest BCUT2D eigenvalue weighted by Gasteiger charge is 2.24. The van der Waals surface area contributed by atoms with E-state index in [0.717, 1.165) is 21.9 Å². The van der Waals surface area contributed by atoms with Gasteiger partial charge in [0.2, 0.25) is 0 Å². The van der Waals surface area contributed by atoms with Crippen LogP contribution in [-0.4, -0.2) is 19.3 Å². The molecule has 0 aromatic carbocycles. The number of hydrogen-bond donors (Lipinski definition) is 0. The van der Waals surface area contributed by atoms with E-state index < -0.39 is 16.2 Å². The smallest absolute Gasteiger partial charge is 0.262 e. The zero-order valence-corrected chi connectivity index (χ0v) is 12.3. The first-order valence-corrected chi connectivity index (χ1v) is 7.51. The van der Waals surface area contributed by atoms with E-state index in [1.807, 2.05) is 12.3 Å². The maximum Gasteiger partial charge on any atom is 0.366 e. The number of rotatable bonds is 3. The molecule has 7 nitrogen and oxygen atoms in total. The summed E-state index contributed by atoms with van der Waals surface area (Å²) in [6.45, 7) is 1.83. The van der Waals surface area contributed by atoms with Gasteiger partial charge in [-0.1, -0.05) is 6.07 Å². The van der Waals surface area contributed by atoms with Crippen molar-refractivity contribution in [3.05, 3.63) is 55.9 Å². The van der Waals surface area contributed by atoms with Gasteiger partial charge < -0.3 is 0 Å². The summed E-state index contributed by atoms with van der Waals surface area (Å²) in [7, 11) is 0. The molecule has 0 fully saturated rings. The van der Waals surface area contributed by atoms with Gasteiger partial charge in [-0.05, 0) is 30.8 Å². The molecule has 0 saturated carbocycles. The van der Waals surface area contributed by atoms with E-state index >= 15 is 0 Å². The van der Waals surface area contributed by atoms with E-state index in [1.165, 1.54) is 17.5 Å². The fourth-order valence-corrected chi connectivity index (χ4v) is 3.60. The van der Waals surface area contributed by atoms with Crippen molar-refractivity contribution in [2.24, 2.45) is 0 Å². The zero-order chi connectivity index (χ0) is 15.0. The van der Waals surface area contributed by atoms with Crippen molar-refractivity contribution in [2.45, 2.75) is 16.3 Å². The number of pyridine rings is 1. The Morgan fingerprint density at radius 2 is 2.19 bits per heavy atom. The van der Waals surface area contributed by atoms with Gasteiger partial charge in [-0.15, -0.1) is 11.3 Å². The number of aromatic nitrogens is 3. The molecule has 21 heavy (non-hydrogen) atoms. The van der Waals surface area contributed by atoms with Crippen LogP contribution in [-0.2, 0) is 0 Å². The molecule has 0 spiro atoms. The van der Waals surface area contributed by atoms with Crippen LogP contribution in [0.4, 0.5) is 5.69 Å². The lowest BCUT2D eigenvalue weighted by molar-refractivity contribution is -0.389. The maximum atomic E-state index is 12.2. The van der Waals surface area contributed by atoms with Gasteiger partial charge in [-0.2, -0.15) is 0 Å². The first-order chi connectivity index (χ1) is 10.1. The highest BCUT2D eigenvalue weighted by atomic mass is 32.2. The van der Waals surface area contributed by atoms with E-state index in [1.54, 1.807) is 18.2 Å². The Kier molecular flexibility index (Phi) is 3.43. The molecule has 0 atom stereocenters. The number of fused-ring (bicyclic) bond motifs is 1. The van der Waals surface area contributed by atoms with Crippen molar-refractivity contribution in [1.29, 1.82) is 0 Å². The van der Waals surface area contributed by atoms with Gasteiger partial charge in [0.1, 0.15) is 5.65 Å². The summed E-state index contributed by atoms with van der Waals surface area (Å²) in [5.41, 5.74) is -0.0375. The maximum absolute atomic E-state index is 12.2. The summed E-state index contributed by atoms with van der Waals surface area (Å²) >= 11 is 2.39. The molecule has 0 radical (unpaired) electrons. The lowest BCUT2D eigenvalue weighted by atomic mass is 10.4. The Labute approximate surface area is 126 Å². The molecule has 0 unspecified atom stereocenters. The molecule has 0 aliphatic heterocycles.